The quantitative estimate of drug-likeness (QED) is 0.803. The molecular formula is C13H15NO5. The lowest BCUT2D eigenvalue weighted by molar-refractivity contribution is -0.140. The highest BCUT2D eigenvalue weighted by molar-refractivity contribution is 6.04. The largest absolute Gasteiger partial charge is 0.478 e. The van der Waals surface area contributed by atoms with Crippen molar-refractivity contribution in [2.45, 2.75) is 6.42 Å². The van der Waals surface area contributed by atoms with Gasteiger partial charge in [0.25, 0.3) is 5.91 Å². The van der Waals surface area contributed by atoms with Crippen LogP contribution in [0.2, 0.25) is 0 Å². The van der Waals surface area contributed by atoms with Crippen LogP contribution < -0.4 is 0 Å². The van der Waals surface area contributed by atoms with Gasteiger partial charge in [-0.25, -0.2) is 4.79 Å². The second kappa shape index (κ2) is 6.53. The zero-order chi connectivity index (χ0) is 14.4. The number of amides is 1. The molecule has 0 heterocycles. The van der Waals surface area contributed by atoms with Crippen molar-refractivity contribution in [1.29, 1.82) is 0 Å². The molecule has 6 heteroatoms. The number of carbonyl (C=O) groups excluding carboxylic acids is 2. The number of benzene rings is 1. The fourth-order valence-corrected chi connectivity index (χ4v) is 1.52. The third-order valence-electron chi connectivity index (χ3n) is 2.61. The van der Waals surface area contributed by atoms with Crippen LogP contribution in [0, 0.1) is 0 Å². The molecule has 1 aromatic carbocycles. The Balaban J connectivity index is 2.82. The van der Waals surface area contributed by atoms with Crippen molar-refractivity contribution in [2.75, 3.05) is 20.7 Å². The van der Waals surface area contributed by atoms with Gasteiger partial charge in [-0.2, -0.15) is 0 Å². The van der Waals surface area contributed by atoms with Crippen LogP contribution in [0.25, 0.3) is 0 Å². The summed E-state index contributed by atoms with van der Waals surface area (Å²) in [5.41, 5.74) is 0.0415. The van der Waals surface area contributed by atoms with Gasteiger partial charge in [-0.05, 0) is 12.1 Å². The van der Waals surface area contributed by atoms with Crippen molar-refractivity contribution in [1.82, 2.24) is 4.90 Å². The Morgan fingerprint density at radius 3 is 2.32 bits per heavy atom. The normalized spacial score (nSPS) is 9.79. The van der Waals surface area contributed by atoms with Crippen LogP contribution in [0.1, 0.15) is 27.1 Å². The van der Waals surface area contributed by atoms with Gasteiger partial charge < -0.3 is 14.7 Å². The van der Waals surface area contributed by atoms with Gasteiger partial charge in [0.2, 0.25) is 0 Å². The zero-order valence-corrected chi connectivity index (χ0v) is 10.8. The smallest absolute Gasteiger partial charge is 0.336 e. The minimum atomic E-state index is -1.16. The van der Waals surface area contributed by atoms with E-state index < -0.39 is 17.8 Å². The highest BCUT2D eigenvalue weighted by atomic mass is 16.5. The maximum Gasteiger partial charge on any atom is 0.336 e. The Labute approximate surface area is 110 Å². The third-order valence-corrected chi connectivity index (χ3v) is 2.61. The van der Waals surface area contributed by atoms with Gasteiger partial charge in [0, 0.05) is 13.6 Å². The standard InChI is InChI=1S/C13H15NO5/c1-14(8-7-11(15)19-2)12(16)9-5-3-4-6-10(9)13(17)18/h3-6H,7-8H2,1-2H3,(H,17,18). The molecule has 0 aromatic heterocycles. The summed E-state index contributed by atoms with van der Waals surface area (Å²) >= 11 is 0. The number of methoxy groups -OCH3 is 1. The minimum Gasteiger partial charge on any atom is -0.478 e. The van der Waals surface area contributed by atoms with Crippen molar-refractivity contribution in [3.05, 3.63) is 35.4 Å². The molecule has 0 aliphatic heterocycles. The van der Waals surface area contributed by atoms with E-state index >= 15 is 0 Å². The Morgan fingerprint density at radius 2 is 1.79 bits per heavy atom. The summed E-state index contributed by atoms with van der Waals surface area (Å²) < 4.78 is 4.48. The number of nitrogens with zero attached hydrogens (tertiary/aromatic N) is 1. The lowest BCUT2D eigenvalue weighted by Crippen LogP contribution is -2.30. The van der Waals surface area contributed by atoms with Crippen molar-refractivity contribution < 1.29 is 24.2 Å². The average molecular weight is 265 g/mol. The fraction of sp³-hybridized carbons (Fsp3) is 0.308. The summed E-state index contributed by atoms with van der Waals surface area (Å²) in [6.07, 6.45) is 0.0635. The van der Waals surface area contributed by atoms with Gasteiger partial charge >= 0.3 is 11.9 Å². The van der Waals surface area contributed by atoms with Crippen LogP contribution in [-0.4, -0.2) is 48.6 Å². The highest BCUT2D eigenvalue weighted by Crippen LogP contribution is 2.11. The monoisotopic (exact) mass is 265 g/mol. The number of hydrogen-bond acceptors (Lipinski definition) is 4. The van der Waals surface area contributed by atoms with Crippen LogP contribution in [0.15, 0.2) is 24.3 Å². The molecule has 0 saturated heterocycles. The zero-order valence-electron chi connectivity index (χ0n) is 10.8. The average Bonchev–Trinajstić information content (AvgIpc) is 2.43. The SMILES string of the molecule is COC(=O)CCN(C)C(=O)c1ccccc1C(=O)O. The number of rotatable bonds is 5. The molecule has 6 nitrogen and oxygen atoms in total. The molecule has 0 spiro atoms. The Bertz CT molecular complexity index is 498. The van der Waals surface area contributed by atoms with Crippen molar-refractivity contribution in [3.63, 3.8) is 0 Å². The minimum absolute atomic E-state index is 0.0579. The molecule has 0 radical (unpaired) electrons. The van der Waals surface area contributed by atoms with E-state index in [1.807, 2.05) is 0 Å². The first-order valence-electron chi connectivity index (χ1n) is 5.62. The second-order valence-corrected chi connectivity index (χ2v) is 3.90. The molecule has 0 saturated carbocycles. The third kappa shape index (κ3) is 3.80. The van der Waals surface area contributed by atoms with Crippen LogP contribution in [0.4, 0.5) is 0 Å². The molecule has 0 atom stereocenters. The first kappa shape index (κ1) is 14.7. The Kier molecular flexibility index (Phi) is 5.05. The number of ether oxygens (including phenoxy) is 1. The van der Waals surface area contributed by atoms with Crippen LogP contribution in [-0.2, 0) is 9.53 Å². The predicted octanol–water partition coefficient (Wildman–Crippen LogP) is 1.02. The molecular weight excluding hydrogens is 250 g/mol. The van der Waals surface area contributed by atoms with E-state index in [2.05, 4.69) is 4.74 Å². The first-order valence-corrected chi connectivity index (χ1v) is 5.62. The Hall–Kier alpha value is -2.37. The van der Waals surface area contributed by atoms with Gasteiger partial charge in [0.15, 0.2) is 0 Å². The lowest BCUT2D eigenvalue weighted by atomic mass is 10.1. The van der Waals surface area contributed by atoms with Crippen molar-refractivity contribution in [3.8, 4) is 0 Å². The molecule has 0 aliphatic rings. The van der Waals surface area contributed by atoms with Crippen LogP contribution in [0.5, 0.6) is 0 Å². The van der Waals surface area contributed by atoms with Crippen LogP contribution in [0.3, 0.4) is 0 Å². The topological polar surface area (TPSA) is 83.9 Å². The number of aromatic carboxylic acids is 1. The van der Waals surface area contributed by atoms with E-state index in [1.165, 1.54) is 31.2 Å². The van der Waals surface area contributed by atoms with Gasteiger partial charge in [-0.15, -0.1) is 0 Å². The summed E-state index contributed by atoms with van der Waals surface area (Å²) in [6, 6.07) is 5.95. The van der Waals surface area contributed by atoms with Crippen molar-refractivity contribution >= 4 is 17.8 Å². The molecule has 0 aliphatic carbocycles. The van der Waals surface area contributed by atoms with E-state index in [1.54, 1.807) is 12.1 Å². The highest BCUT2D eigenvalue weighted by Gasteiger charge is 2.19. The summed E-state index contributed by atoms with van der Waals surface area (Å²) in [5, 5.41) is 9.01. The number of carboxylic acids is 1. The molecule has 1 rings (SSSR count). The van der Waals surface area contributed by atoms with Gasteiger partial charge in [-0.3, -0.25) is 9.59 Å². The summed E-state index contributed by atoms with van der Waals surface area (Å²) in [4.78, 5) is 35.4. The predicted molar refractivity (Wildman–Crippen MR) is 67.0 cm³/mol. The maximum atomic E-state index is 12.1. The van der Waals surface area contributed by atoms with Gasteiger partial charge in [0.05, 0.1) is 24.7 Å². The Morgan fingerprint density at radius 1 is 1.21 bits per heavy atom. The summed E-state index contributed by atoms with van der Waals surface area (Å²) in [6.45, 7) is 0.166. The molecule has 0 bridgehead atoms. The molecule has 1 N–H and O–H groups in total. The number of carboxylic acid groups (broad SMARTS) is 1. The number of carbonyl (C=O) groups is 3. The molecule has 19 heavy (non-hydrogen) atoms. The molecule has 0 unspecified atom stereocenters. The van der Waals surface area contributed by atoms with E-state index in [9.17, 15) is 14.4 Å². The summed E-state index contributed by atoms with van der Waals surface area (Å²) in [5.74, 6) is -2.03. The second-order valence-electron chi connectivity index (χ2n) is 3.90. The van der Waals surface area contributed by atoms with Gasteiger partial charge in [-0.1, -0.05) is 12.1 Å². The van der Waals surface area contributed by atoms with E-state index in [4.69, 9.17) is 5.11 Å². The molecule has 102 valence electrons. The lowest BCUT2D eigenvalue weighted by Gasteiger charge is -2.17. The summed E-state index contributed by atoms with van der Waals surface area (Å²) in [7, 11) is 2.77. The molecule has 0 fully saturated rings. The van der Waals surface area contributed by atoms with E-state index in [0.717, 1.165) is 0 Å². The van der Waals surface area contributed by atoms with E-state index in [-0.39, 0.29) is 24.1 Å². The van der Waals surface area contributed by atoms with Gasteiger partial charge in [0.1, 0.15) is 0 Å². The fourth-order valence-electron chi connectivity index (χ4n) is 1.52. The maximum absolute atomic E-state index is 12.1. The van der Waals surface area contributed by atoms with Crippen molar-refractivity contribution in [2.24, 2.45) is 0 Å². The molecule has 1 aromatic rings. The van der Waals surface area contributed by atoms with E-state index in [0.29, 0.717) is 0 Å². The molecule has 1 amide bonds. The number of hydrogen-bond donors (Lipinski definition) is 1. The first-order chi connectivity index (χ1) is 8.97. The number of esters is 1. The van der Waals surface area contributed by atoms with Crippen LogP contribution >= 0.6 is 0 Å².